The van der Waals surface area contributed by atoms with Crippen molar-refractivity contribution in [1.29, 1.82) is 0 Å². The quantitative estimate of drug-likeness (QED) is 0.741. The molecular weight excluding hydrogens is 382 g/mol. The Morgan fingerprint density at radius 2 is 1.96 bits per heavy atom. The molecule has 0 radical (unpaired) electrons. The number of hydrogen-bond donors (Lipinski definition) is 0. The van der Waals surface area contributed by atoms with Crippen LogP contribution in [0.1, 0.15) is 12.0 Å². The van der Waals surface area contributed by atoms with Crippen LogP contribution in [-0.2, 0) is 26.4 Å². The summed E-state index contributed by atoms with van der Waals surface area (Å²) in [7, 11) is -5.38. The van der Waals surface area contributed by atoms with Crippen LogP contribution < -0.4 is 4.74 Å². The fraction of sp³-hybridized carbons (Fsp3) is 0.375. The summed E-state index contributed by atoms with van der Waals surface area (Å²) in [4.78, 5) is 0. The molecule has 2 aromatic rings. The van der Waals surface area contributed by atoms with E-state index < -0.39 is 25.9 Å². The lowest BCUT2D eigenvalue weighted by atomic mass is 10.2. The molecule has 3 rings (SSSR count). The second-order valence-electron chi connectivity index (χ2n) is 5.89. The molecule has 0 unspecified atom stereocenters. The number of nitrogens with zero attached hydrogens (tertiary/aromatic N) is 1. The fourth-order valence-corrected chi connectivity index (χ4v) is 7.44. The largest absolute Gasteiger partial charge is 0.497 e. The summed E-state index contributed by atoms with van der Waals surface area (Å²) in [6, 6.07) is 9.78. The summed E-state index contributed by atoms with van der Waals surface area (Å²) in [5, 5.41) is 1.70. The molecule has 1 saturated heterocycles. The summed E-state index contributed by atoms with van der Waals surface area (Å²) in [5.41, 5.74) is 0.783. The Morgan fingerprint density at radius 1 is 1.24 bits per heavy atom. The lowest BCUT2D eigenvalue weighted by molar-refractivity contribution is 0.335. The van der Waals surface area contributed by atoms with Gasteiger partial charge in [-0.3, -0.25) is 0 Å². The monoisotopic (exact) mass is 401 g/mol. The number of sulfonamides is 1. The van der Waals surface area contributed by atoms with Gasteiger partial charge in [-0.25, -0.2) is 16.8 Å². The van der Waals surface area contributed by atoms with Crippen molar-refractivity contribution in [2.75, 3.05) is 18.6 Å². The van der Waals surface area contributed by atoms with Gasteiger partial charge in [-0.15, -0.1) is 11.3 Å². The van der Waals surface area contributed by atoms with Crippen LogP contribution in [0.2, 0.25) is 0 Å². The molecule has 0 amide bonds. The van der Waals surface area contributed by atoms with Crippen molar-refractivity contribution in [3.63, 3.8) is 0 Å². The Bertz CT molecular complexity index is 919. The molecule has 136 valence electrons. The van der Waals surface area contributed by atoms with Gasteiger partial charge in [-0.2, -0.15) is 4.31 Å². The van der Waals surface area contributed by atoms with E-state index >= 15 is 0 Å². The van der Waals surface area contributed by atoms with E-state index in [9.17, 15) is 16.8 Å². The van der Waals surface area contributed by atoms with Crippen LogP contribution >= 0.6 is 11.3 Å². The maximum absolute atomic E-state index is 13.0. The van der Waals surface area contributed by atoms with Gasteiger partial charge >= 0.3 is 0 Å². The van der Waals surface area contributed by atoms with Crippen LogP contribution in [-0.4, -0.2) is 45.8 Å². The number of thiophene rings is 1. The number of hydrogen-bond acceptors (Lipinski definition) is 6. The number of rotatable bonds is 6. The molecule has 1 aliphatic heterocycles. The standard InChI is InChI=1S/C16H19NO5S3/c1-22-15-6-4-13(5-7-15)11-17(14-8-10-24(18,19)12-14)25(20,21)16-3-2-9-23-16/h2-7,9,14H,8,10-12H2,1H3/t14-/m0/s1. The van der Waals surface area contributed by atoms with E-state index in [1.54, 1.807) is 48.9 Å². The molecule has 1 aromatic carbocycles. The van der Waals surface area contributed by atoms with Crippen LogP contribution in [0.5, 0.6) is 5.75 Å². The van der Waals surface area contributed by atoms with Gasteiger partial charge < -0.3 is 4.74 Å². The average molecular weight is 402 g/mol. The van der Waals surface area contributed by atoms with Gasteiger partial charge in [0, 0.05) is 12.6 Å². The number of sulfone groups is 1. The van der Waals surface area contributed by atoms with E-state index in [4.69, 9.17) is 4.74 Å². The zero-order chi connectivity index (χ0) is 18.1. The highest BCUT2D eigenvalue weighted by molar-refractivity contribution is 7.92. The van der Waals surface area contributed by atoms with Gasteiger partial charge in [0.25, 0.3) is 10.0 Å². The molecule has 1 atom stereocenters. The molecule has 0 spiro atoms. The van der Waals surface area contributed by atoms with E-state index in [1.165, 1.54) is 4.31 Å². The molecule has 2 heterocycles. The van der Waals surface area contributed by atoms with Gasteiger partial charge in [-0.05, 0) is 35.6 Å². The van der Waals surface area contributed by atoms with E-state index in [0.29, 0.717) is 12.2 Å². The summed E-state index contributed by atoms with van der Waals surface area (Å²) in [5.74, 6) is 0.574. The third kappa shape index (κ3) is 4.05. The Balaban J connectivity index is 1.94. The maximum Gasteiger partial charge on any atom is 0.253 e. The number of benzene rings is 1. The van der Waals surface area contributed by atoms with Gasteiger partial charge in [0.1, 0.15) is 9.96 Å². The lowest BCUT2D eigenvalue weighted by Crippen LogP contribution is -2.40. The Morgan fingerprint density at radius 3 is 2.48 bits per heavy atom. The molecule has 1 aromatic heterocycles. The molecule has 9 heteroatoms. The minimum absolute atomic E-state index is 0.0245. The average Bonchev–Trinajstić information content (AvgIpc) is 3.23. The van der Waals surface area contributed by atoms with E-state index in [2.05, 4.69) is 0 Å². The van der Waals surface area contributed by atoms with E-state index in [-0.39, 0.29) is 22.3 Å². The lowest BCUT2D eigenvalue weighted by Gasteiger charge is -2.27. The summed E-state index contributed by atoms with van der Waals surface area (Å²) < 4.78 is 56.5. The van der Waals surface area contributed by atoms with Crippen molar-refractivity contribution >= 4 is 31.2 Å². The molecule has 25 heavy (non-hydrogen) atoms. The fourth-order valence-electron chi connectivity index (χ4n) is 2.85. The first kappa shape index (κ1) is 18.4. The van der Waals surface area contributed by atoms with Crippen molar-refractivity contribution in [2.45, 2.75) is 23.2 Å². The van der Waals surface area contributed by atoms with Gasteiger partial charge in [0.05, 0.1) is 18.6 Å². The van der Waals surface area contributed by atoms with Crippen molar-refractivity contribution in [3.8, 4) is 5.75 Å². The van der Waals surface area contributed by atoms with Gasteiger partial charge in [0.2, 0.25) is 0 Å². The first-order valence-electron chi connectivity index (χ1n) is 7.70. The highest BCUT2D eigenvalue weighted by Crippen LogP contribution is 2.29. The van der Waals surface area contributed by atoms with E-state index in [0.717, 1.165) is 16.9 Å². The molecule has 1 aliphatic rings. The summed E-state index contributed by atoms with van der Waals surface area (Å²) in [6.45, 7) is 0.129. The van der Waals surface area contributed by atoms with Crippen molar-refractivity contribution in [3.05, 3.63) is 47.3 Å². The Labute approximate surface area is 152 Å². The second kappa shape index (κ2) is 7.06. The maximum atomic E-state index is 13.0. The Hall–Kier alpha value is -1.42. The SMILES string of the molecule is COc1ccc(CN([C@H]2CCS(=O)(=O)C2)S(=O)(=O)c2cccs2)cc1. The summed E-state index contributed by atoms with van der Waals surface area (Å²) >= 11 is 1.13. The first-order chi connectivity index (χ1) is 11.8. The predicted octanol–water partition coefficient (Wildman–Crippen LogP) is 2.13. The summed E-state index contributed by atoms with van der Waals surface area (Å²) in [6.07, 6.45) is 0.323. The third-order valence-electron chi connectivity index (χ3n) is 4.17. The zero-order valence-electron chi connectivity index (χ0n) is 13.7. The van der Waals surface area contributed by atoms with Crippen LogP contribution in [0.15, 0.2) is 46.0 Å². The predicted molar refractivity (Wildman–Crippen MR) is 97.1 cm³/mol. The van der Waals surface area contributed by atoms with Crippen LogP contribution in [0.4, 0.5) is 0 Å². The molecular formula is C16H19NO5S3. The molecule has 6 nitrogen and oxygen atoms in total. The Kier molecular flexibility index (Phi) is 5.19. The normalized spacial score (nSPS) is 20.0. The second-order valence-corrected chi connectivity index (χ2v) is 11.2. The zero-order valence-corrected chi connectivity index (χ0v) is 16.1. The third-order valence-corrected chi connectivity index (χ3v) is 9.19. The van der Waals surface area contributed by atoms with Crippen molar-refractivity contribution in [1.82, 2.24) is 4.31 Å². The van der Waals surface area contributed by atoms with Gasteiger partial charge in [-0.1, -0.05) is 18.2 Å². The van der Waals surface area contributed by atoms with Gasteiger partial charge in [0.15, 0.2) is 9.84 Å². The number of methoxy groups -OCH3 is 1. The highest BCUT2D eigenvalue weighted by atomic mass is 32.2. The first-order valence-corrected chi connectivity index (χ1v) is 11.8. The number of ether oxygens (including phenoxy) is 1. The topological polar surface area (TPSA) is 80.8 Å². The molecule has 0 saturated carbocycles. The van der Waals surface area contributed by atoms with Crippen LogP contribution in [0.25, 0.3) is 0 Å². The van der Waals surface area contributed by atoms with E-state index in [1.807, 2.05) is 0 Å². The molecule has 1 fully saturated rings. The molecule has 0 bridgehead atoms. The molecule has 0 N–H and O–H groups in total. The van der Waals surface area contributed by atoms with Crippen molar-refractivity contribution < 1.29 is 21.6 Å². The highest BCUT2D eigenvalue weighted by Gasteiger charge is 2.39. The minimum Gasteiger partial charge on any atom is -0.497 e. The minimum atomic E-state index is -3.75. The van der Waals surface area contributed by atoms with Crippen LogP contribution in [0.3, 0.4) is 0 Å². The van der Waals surface area contributed by atoms with Crippen LogP contribution in [0, 0.1) is 0 Å². The van der Waals surface area contributed by atoms with Crippen molar-refractivity contribution in [2.24, 2.45) is 0 Å². The smallest absolute Gasteiger partial charge is 0.253 e. The molecule has 0 aliphatic carbocycles.